The van der Waals surface area contributed by atoms with Crippen molar-refractivity contribution >= 4 is 16.9 Å². The summed E-state index contributed by atoms with van der Waals surface area (Å²) in [7, 11) is 0. The molecule has 2 aromatic carbocycles. The van der Waals surface area contributed by atoms with Crippen molar-refractivity contribution in [1.29, 1.82) is 0 Å². The Hall–Kier alpha value is -3.12. The molecule has 1 atom stereocenters. The van der Waals surface area contributed by atoms with Crippen LogP contribution in [0, 0.1) is 0 Å². The predicted molar refractivity (Wildman–Crippen MR) is 114 cm³/mol. The van der Waals surface area contributed by atoms with E-state index in [9.17, 15) is 14.7 Å². The molecule has 0 spiro atoms. The summed E-state index contributed by atoms with van der Waals surface area (Å²) in [5, 5.41) is 9.75. The molecule has 0 fully saturated rings. The summed E-state index contributed by atoms with van der Waals surface area (Å²) in [5.41, 5.74) is 1.37. The fraction of sp³-hybridized carbons (Fsp3) is 0.333. The van der Waals surface area contributed by atoms with Crippen molar-refractivity contribution < 1.29 is 19.1 Å². The highest BCUT2D eigenvalue weighted by molar-refractivity contribution is 5.99. The quantitative estimate of drug-likeness (QED) is 0.573. The number of nitrogens with zero attached hydrogens (tertiary/aromatic N) is 1. The Morgan fingerprint density at radius 3 is 2.57 bits per heavy atom. The van der Waals surface area contributed by atoms with Crippen molar-refractivity contribution in [3.8, 4) is 5.75 Å². The van der Waals surface area contributed by atoms with Crippen LogP contribution in [0.2, 0.25) is 0 Å². The number of aliphatic hydroxyl groups excluding tert-OH is 1. The number of fused-ring (bicyclic) bond motifs is 2. The Morgan fingerprint density at radius 2 is 1.83 bits per heavy atom. The number of benzene rings is 2. The average molecular weight is 407 g/mol. The van der Waals surface area contributed by atoms with Gasteiger partial charge >= 0.3 is 0 Å². The first kappa shape index (κ1) is 20.2. The first-order valence-corrected chi connectivity index (χ1v) is 10.4. The molecule has 6 nitrogen and oxygen atoms in total. The summed E-state index contributed by atoms with van der Waals surface area (Å²) in [4.78, 5) is 28.0. The highest BCUT2D eigenvalue weighted by Gasteiger charge is 2.42. The Kier molecular flexibility index (Phi) is 5.86. The maximum absolute atomic E-state index is 13.3. The zero-order valence-corrected chi connectivity index (χ0v) is 17.0. The third-order valence-electron chi connectivity index (χ3n) is 5.39. The van der Waals surface area contributed by atoms with E-state index in [1.165, 1.54) is 0 Å². The lowest BCUT2D eigenvalue weighted by molar-refractivity contribution is 0.0716. The van der Waals surface area contributed by atoms with Crippen molar-refractivity contribution in [3.05, 3.63) is 75.6 Å². The fourth-order valence-corrected chi connectivity index (χ4v) is 3.87. The first-order valence-electron chi connectivity index (χ1n) is 10.4. The molecule has 1 aromatic heterocycles. The van der Waals surface area contributed by atoms with Crippen molar-refractivity contribution in [3.63, 3.8) is 0 Å². The van der Waals surface area contributed by atoms with E-state index in [4.69, 9.17) is 9.15 Å². The van der Waals surface area contributed by atoms with Crippen LogP contribution in [0.15, 0.2) is 57.7 Å². The summed E-state index contributed by atoms with van der Waals surface area (Å²) in [6, 6.07) is 13.9. The Balaban J connectivity index is 1.78. The van der Waals surface area contributed by atoms with E-state index >= 15 is 0 Å². The minimum Gasteiger partial charge on any atom is -0.494 e. The molecule has 156 valence electrons. The van der Waals surface area contributed by atoms with Crippen molar-refractivity contribution in [2.24, 2.45) is 0 Å². The molecule has 0 aliphatic carbocycles. The van der Waals surface area contributed by atoms with Crippen molar-refractivity contribution in [2.45, 2.75) is 32.2 Å². The zero-order chi connectivity index (χ0) is 21.1. The molecule has 4 rings (SSSR count). The molecule has 2 heterocycles. The van der Waals surface area contributed by atoms with Crippen LogP contribution in [0.3, 0.4) is 0 Å². The van der Waals surface area contributed by atoms with Crippen LogP contribution < -0.4 is 10.2 Å². The van der Waals surface area contributed by atoms with Gasteiger partial charge in [-0.3, -0.25) is 9.59 Å². The lowest BCUT2D eigenvalue weighted by atomic mass is 9.98. The predicted octanol–water partition coefficient (Wildman–Crippen LogP) is 3.90. The molecule has 30 heavy (non-hydrogen) atoms. The number of para-hydroxylation sites is 1. The smallest absolute Gasteiger partial charge is 0.290 e. The van der Waals surface area contributed by atoms with Gasteiger partial charge in [0.1, 0.15) is 11.3 Å². The molecular formula is C24H25NO5. The second kappa shape index (κ2) is 8.71. The van der Waals surface area contributed by atoms with Crippen LogP contribution in [0.5, 0.6) is 5.75 Å². The molecule has 0 radical (unpaired) electrons. The molecule has 0 saturated carbocycles. The van der Waals surface area contributed by atoms with E-state index in [0.29, 0.717) is 36.1 Å². The highest BCUT2D eigenvalue weighted by Crippen LogP contribution is 2.38. The Morgan fingerprint density at radius 1 is 1.07 bits per heavy atom. The number of aliphatic hydroxyl groups is 1. The monoisotopic (exact) mass is 407 g/mol. The third kappa shape index (κ3) is 3.59. The van der Waals surface area contributed by atoms with Gasteiger partial charge in [-0.1, -0.05) is 37.6 Å². The lowest BCUT2D eigenvalue weighted by Gasteiger charge is -2.25. The molecule has 1 N–H and O–H groups in total. The van der Waals surface area contributed by atoms with Crippen LogP contribution >= 0.6 is 0 Å². The first-order chi connectivity index (χ1) is 14.7. The number of rotatable bonds is 8. The molecule has 3 aromatic rings. The third-order valence-corrected chi connectivity index (χ3v) is 5.39. The van der Waals surface area contributed by atoms with Crippen molar-refractivity contribution in [1.82, 2.24) is 4.90 Å². The molecule has 1 amide bonds. The SMILES string of the molecule is CCCCOc1ccc(C2c3c(oc4ccccc4c3=O)C(=O)N2CCCO)cc1. The van der Waals surface area contributed by atoms with E-state index in [1.54, 1.807) is 29.2 Å². The van der Waals surface area contributed by atoms with Gasteiger partial charge in [0.05, 0.1) is 23.6 Å². The van der Waals surface area contributed by atoms with Gasteiger partial charge in [0, 0.05) is 13.2 Å². The minimum absolute atomic E-state index is 0.0413. The van der Waals surface area contributed by atoms with Crippen LogP contribution in [0.25, 0.3) is 11.0 Å². The number of carbonyl (C=O) groups is 1. The minimum atomic E-state index is -0.551. The standard InChI is InChI=1S/C24H25NO5/c1-2-3-15-29-17-11-9-16(10-12-17)21-20-22(27)18-7-4-5-8-19(18)30-23(20)24(28)25(21)13-6-14-26/h4-5,7-12,21,26H,2-3,6,13-15H2,1H3. The Labute approximate surface area is 174 Å². The second-order valence-corrected chi connectivity index (χ2v) is 7.42. The summed E-state index contributed by atoms with van der Waals surface area (Å²) in [6.07, 6.45) is 2.46. The molecule has 0 bridgehead atoms. The average Bonchev–Trinajstić information content (AvgIpc) is 3.05. The lowest BCUT2D eigenvalue weighted by Crippen LogP contribution is -2.31. The number of hydrogen-bond donors (Lipinski definition) is 1. The number of hydrogen-bond acceptors (Lipinski definition) is 5. The maximum Gasteiger partial charge on any atom is 0.290 e. The summed E-state index contributed by atoms with van der Waals surface area (Å²) < 4.78 is 11.6. The van der Waals surface area contributed by atoms with Crippen LogP contribution in [-0.2, 0) is 0 Å². The summed E-state index contributed by atoms with van der Waals surface area (Å²) >= 11 is 0. The van der Waals surface area contributed by atoms with Gasteiger partial charge in [-0.15, -0.1) is 0 Å². The molecule has 0 saturated heterocycles. The molecule has 1 unspecified atom stereocenters. The molecule has 6 heteroatoms. The van der Waals surface area contributed by atoms with Crippen LogP contribution in [0.4, 0.5) is 0 Å². The molecular weight excluding hydrogens is 382 g/mol. The van der Waals surface area contributed by atoms with Gasteiger partial charge in [0.2, 0.25) is 5.76 Å². The van der Waals surface area contributed by atoms with Gasteiger partial charge in [-0.25, -0.2) is 0 Å². The zero-order valence-electron chi connectivity index (χ0n) is 17.0. The number of carbonyl (C=O) groups excluding carboxylic acids is 1. The number of unbranched alkanes of at least 4 members (excludes halogenated alkanes) is 1. The molecule has 1 aliphatic rings. The number of ether oxygens (including phenoxy) is 1. The van der Waals surface area contributed by atoms with Gasteiger partial charge in [0.25, 0.3) is 5.91 Å². The second-order valence-electron chi connectivity index (χ2n) is 7.42. The maximum atomic E-state index is 13.3. The Bertz CT molecular complexity index is 1100. The summed E-state index contributed by atoms with van der Waals surface area (Å²) in [6.45, 7) is 3.05. The van der Waals surface area contributed by atoms with Gasteiger partial charge < -0.3 is 19.2 Å². The van der Waals surface area contributed by atoms with E-state index in [2.05, 4.69) is 6.92 Å². The van der Waals surface area contributed by atoms with Gasteiger partial charge in [-0.05, 0) is 42.7 Å². The topological polar surface area (TPSA) is 80.0 Å². The van der Waals surface area contributed by atoms with Gasteiger partial charge in [0.15, 0.2) is 5.43 Å². The largest absolute Gasteiger partial charge is 0.494 e. The highest BCUT2D eigenvalue weighted by atomic mass is 16.5. The summed E-state index contributed by atoms with van der Waals surface area (Å²) in [5.74, 6) is 0.517. The van der Waals surface area contributed by atoms with E-state index in [0.717, 1.165) is 24.2 Å². The number of amides is 1. The van der Waals surface area contributed by atoms with E-state index in [-0.39, 0.29) is 23.7 Å². The van der Waals surface area contributed by atoms with E-state index < -0.39 is 6.04 Å². The molecule has 1 aliphatic heterocycles. The normalized spacial score (nSPS) is 15.6. The van der Waals surface area contributed by atoms with Crippen molar-refractivity contribution in [2.75, 3.05) is 19.8 Å². The van der Waals surface area contributed by atoms with Crippen LogP contribution in [-0.4, -0.2) is 35.7 Å². The van der Waals surface area contributed by atoms with Crippen LogP contribution in [0.1, 0.15) is 53.9 Å². The van der Waals surface area contributed by atoms with Gasteiger partial charge in [-0.2, -0.15) is 0 Å². The van der Waals surface area contributed by atoms with E-state index in [1.807, 2.05) is 24.3 Å². The fourth-order valence-electron chi connectivity index (χ4n) is 3.87.